The van der Waals surface area contributed by atoms with Crippen LogP contribution in [0.25, 0.3) is 0 Å². The lowest BCUT2D eigenvalue weighted by Gasteiger charge is -2.12. The number of carboxylic acid groups (broad SMARTS) is 1. The van der Waals surface area contributed by atoms with E-state index in [-0.39, 0.29) is 23.6 Å². The highest BCUT2D eigenvalue weighted by molar-refractivity contribution is 8.00. The summed E-state index contributed by atoms with van der Waals surface area (Å²) in [6.45, 7) is 4.40. The first-order valence-electron chi connectivity index (χ1n) is 10.5. The number of rotatable bonds is 10. The van der Waals surface area contributed by atoms with Gasteiger partial charge in [0.15, 0.2) is 0 Å². The average molecular weight is 451 g/mol. The van der Waals surface area contributed by atoms with E-state index in [2.05, 4.69) is 24.1 Å². The zero-order valence-electron chi connectivity index (χ0n) is 18.1. The van der Waals surface area contributed by atoms with Gasteiger partial charge in [-0.15, -0.1) is 11.8 Å². The van der Waals surface area contributed by atoms with Crippen molar-refractivity contribution in [2.24, 2.45) is 0 Å². The fourth-order valence-corrected chi connectivity index (χ4v) is 4.10. The molecule has 0 bridgehead atoms. The van der Waals surface area contributed by atoms with E-state index >= 15 is 0 Å². The van der Waals surface area contributed by atoms with Crippen molar-refractivity contribution in [3.8, 4) is 11.6 Å². The number of thioether (sulfide) groups is 1. The number of benzene rings is 2. The highest BCUT2D eigenvalue weighted by atomic mass is 32.2. The molecule has 166 valence electrons. The van der Waals surface area contributed by atoms with Gasteiger partial charge in [0.25, 0.3) is 0 Å². The Balaban J connectivity index is 1.56. The van der Waals surface area contributed by atoms with Gasteiger partial charge in [-0.05, 0) is 54.8 Å². The minimum Gasteiger partial charge on any atom is -0.478 e. The molecule has 32 heavy (non-hydrogen) atoms. The Labute approximate surface area is 192 Å². The van der Waals surface area contributed by atoms with Crippen molar-refractivity contribution in [3.05, 3.63) is 78.0 Å². The van der Waals surface area contributed by atoms with E-state index in [0.717, 1.165) is 12.8 Å². The van der Waals surface area contributed by atoms with Crippen LogP contribution in [0.15, 0.2) is 71.8 Å². The first-order chi connectivity index (χ1) is 15.5. The molecule has 3 rings (SSSR count). The Morgan fingerprint density at radius 3 is 2.38 bits per heavy atom. The van der Waals surface area contributed by atoms with Crippen LogP contribution in [0.2, 0.25) is 0 Å². The zero-order valence-corrected chi connectivity index (χ0v) is 18.9. The van der Waals surface area contributed by atoms with Crippen molar-refractivity contribution in [1.29, 1.82) is 0 Å². The minimum atomic E-state index is -1.09. The fourth-order valence-electron chi connectivity index (χ4n) is 3.09. The molecule has 0 aliphatic rings. The molecular weight excluding hydrogens is 424 g/mol. The predicted molar refractivity (Wildman–Crippen MR) is 127 cm³/mol. The van der Waals surface area contributed by atoms with E-state index in [1.165, 1.54) is 11.0 Å². The van der Waals surface area contributed by atoms with Crippen LogP contribution < -0.4 is 10.1 Å². The maximum Gasteiger partial charge on any atom is 0.337 e. The summed E-state index contributed by atoms with van der Waals surface area (Å²) in [6, 6.07) is 17.7. The number of ether oxygens (including phenoxy) is 1. The average Bonchev–Trinajstić information content (AvgIpc) is 2.80. The lowest BCUT2D eigenvalue weighted by Crippen LogP contribution is -2.16. The van der Waals surface area contributed by atoms with Crippen molar-refractivity contribution in [1.82, 2.24) is 4.98 Å². The quantitative estimate of drug-likeness (QED) is 0.366. The lowest BCUT2D eigenvalue weighted by atomic mass is 10.1. The third-order valence-electron chi connectivity index (χ3n) is 4.85. The number of hydrogen-bond acceptors (Lipinski definition) is 5. The molecule has 3 aromatic rings. The first-order valence-corrected chi connectivity index (χ1v) is 11.4. The van der Waals surface area contributed by atoms with Gasteiger partial charge in [-0.25, -0.2) is 9.78 Å². The Morgan fingerprint density at radius 2 is 1.75 bits per heavy atom. The second kappa shape index (κ2) is 11.3. The third-order valence-corrected chi connectivity index (χ3v) is 6.40. The summed E-state index contributed by atoms with van der Waals surface area (Å²) in [5.41, 5.74) is 1.01. The first kappa shape index (κ1) is 23.3. The number of carbonyl (C=O) groups is 2. The molecule has 0 fully saturated rings. The van der Waals surface area contributed by atoms with Crippen LogP contribution >= 0.6 is 11.8 Å². The molecule has 2 N–H and O–H groups in total. The molecule has 0 radical (unpaired) electrons. The predicted octanol–water partition coefficient (Wildman–Crippen LogP) is 6.03. The van der Waals surface area contributed by atoms with Crippen LogP contribution in [-0.2, 0) is 11.2 Å². The Bertz CT molecular complexity index is 1050. The largest absolute Gasteiger partial charge is 0.478 e. The van der Waals surface area contributed by atoms with E-state index in [1.54, 1.807) is 36.5 Å². The number of pyridine rings is 1. The fraction of sp³-hybridized carbons (Fsp3) is 0.240. The number of amides is 1. The van der Waals surface area contributed by atoms with Crippen LogP contribution in [0, 0.1) is 0 Å². The summed E-state index contributed by atoms with van der Waals surface area (Å²) < 4.78 is 5.80. The van der Waals surface area contributed by atoms with Gasteiger partial charge in [-0.2, -0.15) is 0 Å². The van der Waals surface area contributed by atoms with Gasteiger partial charge in [0.1, 0.15) is 5.75 Å². The molecule has 1 aromatic heterocycles. The number of carbonyl (C=O) groups excluding carboxylic acids is 1. The monoisotopic (exact) mass is 450 g/mol. The number of aromatic nitrogens is 1. The molecule has 1 amide bonds. The smallest absolute Gasteiger partial charge is 0.337 e. The summed E-state index contributed by atoms with van der Waals surface area (Å²) in [4.78, 5) is 29.1. The molecule has 0 aliphatic carbocycles. The standard InChI is InChI=1S/C25H26N2O4S/c1-3-19(4-2)32-20-12-10-18(11-13-20)31-24-14-9-17(16-26-24)15-23(28)27-22-8-6-5-7-21(22)25(29)30/h5-14,16,19H,3-4,15H2,1-2H3,(H,27,28)(H,29,30). The van der Waals surface area contributed by atoms with Gasteiger partial charge in [0, 0.05) is 22.4 Å². The summed E-state index contributed by atoms with van der Waals surface area (Å²) in [6.07, 6.45) is 3.93. The maximum atomic E-state index is 12.3. The van der Waals surface area contributed by atoms with E-state index in [9.17, 15) is 14.7 Å². The van der Waals surface area contributed by atoms with Crippen molar-refractivity contribution in [2.45, 2.75) is 43.3 Å². The van der Waals surface area contributed by atoms with Gasteiger partial charge in [0.05, 0.1) is 17.7 Å². The number of nitrogens with one attached hydrogen (secondary N) is 1. The Kier molecular flexibility index (Phi) is 8.27. The van der Waals surface area contributed by atoms with E-state index in [0.29, 0.717) is 22.4 Å². The minimum absolute atomic E-state index is 0.0482. The highest BCUT2D eigenvalue weighted by Gasteiger charge is 2.12. The van der Waals surface area contributed by atoms with Crippen LogP contribution in [0.1, 0.15) is 42.6 Å². The number of para-hydroxylation sites is 1. The topological polar surface area (TPSA) is 88.5 Å². The summed E-state index contributed by atoms with van der Waals surface area (Å²) in [5.74, 6) is -0.279. The zero-order chi connectivity index (χ0) is 22.9. The number of hydrogen-bond donors (Lipinski definition) is 2. The molecule has 0 unspecified atom stereocenters. The van der Waals surface area contributed by atoms with Crippen LogP contribution in [0.5, 0.6) is 11.6 Å². The molecule has 0 saturated carbocycles. The van der Waals surface area contributed by atoms with Crippen molar-refractivity contribution >= 4 is 29.3 Å². The van der Waals surface area contributed by atoms with Crippen LogP contribution in [0.4, 0.5) is 5.69 Å². The van der Waals surface area contributed by atoms with Crippen LogP contribution in [0.3, 0.4) is 0 Å². The molecule has 1 heterocycles. The number of nitrogens with zero attached hydrogens (tertiary/aromatic N) is 1. The molecule has 7 heteroatoms. The van der Waals surface area contributed by atoms with Gasteiger partial charge in [0.2, 0.25) is 11.8 Å². The molecular formula is C25H26N2O4S. The molecule has 0 atom stereocenters. The van der Waals surface area contributed by atoms with Crippen molar-refractivity contribution in [2.75, 3.05) is 5.32 Å². The number of aromatic carboxylic acids is 1. The molecule has 6 nitrogen and oxygen atoms in total. The van der Waals surface area contributed by atoms with Gasteiger partial charge < -0.3 is 15.2 Å². The van der Waals surface area contributed by atoms with E-state index < -0.39 is 5.97 Å². The maximum absolute atomic E-state index is 12.3. The number of carboxylic acids is 1. The van der Waals surface area contributed by atoms with Crippen LogP contribution in [-0.4, -0.2) is 27.2 Å². The molecule has 0 aliphatic heterocycles. The molecule has 2 aromatic carbocycles. The summed E-state index contributed by atoms with van der Waals surface area (Å²) in [5, 5.41) is 12.5. The van der Waals surface area contributed by atoms with Crippen molar-refractivity contribution in [3.63, 3.8) is 0 Å². The van der Waals surface area contributed by atoms with Gasteiger partial charge >= 0.3 is 5.97 Å². The highest BCUT2D eigenvalue weighted by Crippen LogP contribution is 2.29. The van der Waals surface area contributed by atoms with Gasteiger partial charge in [-0.3, -0.25) is 4.79 Å². The van der Waals surface area contributed by atoms with Gasteiger partial charge in [-0.1, -0.05) is 32.0 Å². The summed E-state index contributed by atoms with van der Waals surface area (Å²) >= 11 is 1.87. The normalized spacial score (nSPS) is 10.7. The summed E-state index contributed by atoms with van der Waals surface area (Å²) in [7, 11) is 0. The Morgan fingerprint density at radius 1 is 1.03 bits per heavy atom. The molecule has 0 spiro atoms. The van der Waals surface area contributed by atoms with E-state index in [1.807, 2.05) is 36.0 Å². The van der Waals surface area contributed by atoms with E-state index in [4.69, 9.17) is 4.74 Å². The third kappa shape index (κ3) is 6.59. The second-order valence-corrected chi connectivity index (χ2v) is 8.58. The lowest BCUT2D eigenvalue weighted by molar-refractivity contribution is -0.115. The SMILES string of the molecule is CCC(CC)Sc1ccc(Oc2ccc(CC(=O)Nc3ccccc3C(=O)O)cn2)cc1. The Hall–Kier alpha value is -3.32. The second-order valence-electron chi connectivity index (χ2n) is 7.21. The van der Waals surface area contributed by atoms with Crippen molar-refractivity contribution < 1.29 is 19.4 Å². The molecule has 0 saturated heterocycles. The number of anilines is 1.